The number of nitrogen functional groups attached to an aromatic ring is 1. The van der Waals surface area contributed by atoms with Gasteiger partial charge in [0, 0.05) is 5.69 Å². The fourth-order valence-electron chi connectivity index (χ4n) is 2.13. The van der Waals surface area contributed by atoms with E-state index in [1.165, 1.54) is 24.9 Å². The van der Waals surface area contributed by atoms with Crippen LogP contribution >= 0.6 is 0 Å². The van der Waals surface area contributed by atoms with Gasteiger partial charge in [-0.05, 0) is 49.9 Å². The maximum absolute atomic E-state index is 5.92. The number of rotatable bonds is 2. The van der Waals surface area contributed by atoms with Gasteiger partial charge in [-0.3, -0.25) is 0 Å². The molecule has 0 amide bonds. The van der Waals surface area contributed by atoms with E-state index in [1.54, 1.807) is 0 Å². The van der Waals surface area contributed by atoms with Crippen LogP contribution in [-0.2, 0) is 6.42 Å². The van der Waals surface area contributed by atoms with E-state index in [1.807, 2.05) is 12.1 Å². The zero-order chi connectivity index (χ0) is 9.80. The van der Waals surface area contributed by atoms with Crippen LogP contribution in [0.5, 0.6) is 0 Å². The summed E-state index contributed by atoms with van der Waals surface area (Å²) in [6, 6.07) is 8.20. The highest BCUT2D eigenvalue weighted by Gasteiger charge is 2.14. The largest absolute Gasteiger partial charge is 0.399 e. The van der Waals surface area contributed by atoms with Gasteiger partial charge in [-0.1, -0.05) is 18.2 Å². The first kappa shape index (κ1) is 9.53. The third-order valence-corrected chi connectivity index (χ3v) is 2.96. The van der Waals surface area contributed by atoms with Crippen molar-refractivity contribution in [1.29, 1.82) is 0 Å². The summed E-state index contributed by atoms with van der Waals surface area (Å²) in [5.74, 6) is 0.772. The Bertz CT molecular complexity index is 290. The molecular formula is C12H18N2. The van der Waals surface area contributed by atoms with Crippen molar-refractivity contribution in [3.05, 3.63) is 29.8 Å². The van der Waals surface area contributed by atoms with E-state index in [0.717, 1.165) is 24.6 Å². The fourth-order valence-corrected chi connectivity index (χ4v) is 2.13. The molecule has 0 radical (unpaired) electrons. The standard InChI is InChI=1S/C12H18N2/c13-12-6-2-1-5-11(12)8-10-4-3-7-14-9-10/h1-2,5-6,10,14H,3-4,7-9,13H2/t10-/m0/s1. The van der Waals surface area contributed by atoms with Crippen molar-refractivity contribution in [3.8, 4) is 0 Å². The lowest BCUT2D eigenvalue weighted by Gasteiger charge is -2.23. The second-order valence-electron chi connectivity index (χ2n) is 4.12. The molecule has 1 atom stereocenters. The number of nitrogens with one attached hydrogen (secondary N) is 1. The summed E-state index contributed by atoms with van der Waals surface area (Å²) >= 11 is 0. The Labute approximate surface area is 85.5 Å². The summed E-state index contributed by atoms with van der Waals surface area (Å²) in [7, 11) is 0. The third kappa shape index (κ3) is 2.26. The van der Waals surface area contributed by atoms with Crippen molar-refractivity contribution < 1.29 is 0 Å². The lowest BCUT2D eigenvalue weighted by molar-refractivity contribution is 0.376. The van der Waals surface area contributed by atoms with Crippen LogP contribution in [0.2, 0.25) is 0 Å². The van der Waals surface area contributed by atoms with E-state index in [2.05, 4.69) is 17.4 Å². The molecule has 3 N–H and O–H groups in total. The Hall–Kier alpha value is -1.02. The minimum Gasteiger partial charge on any atom is -0.399 e. The van der Waals surface area contributed by atoms with Crippen LogP contribution in [0.1, 0.15) is 18.4 Å². The van der Waals surface area contributed by atoms with Crippen molar-refractivity contribution in [3.63, 3.8) is 0 Å². The molecule has 14 heavy (non-hydrogen) atoms. The van der Waals surface area contributed by atoms with Gasteiger partial charge in [0.25, 0.3) is 0 Å². The molecule has 1 aliphatic heterocycles. The molecule has 0 spiro atoms. The van der Waals surface area contributed by atoms with Crippen LogP contribution in [0.15, 0.2) is 24.3 Å². The Morgan fingerprint density at radius 3 is 2.93 bits per heavy atom. The van der Waals surface area contributed by atoms with Crippen molar-refractivity contribution >= 4 is 5.69 Å². The van der Waals surface area contributed by atoms with Gasteiger partial charge in [-0.2, -0.15) is 0 Å². The van der Waals surface area contributed by atoms with Crippen LogP contribution in [-0.4, -0.2) is 13.1 Å². The Morgan fingerprint density at radius 1 is 1.36 bits per heavy atom. The SMILES string of the molecule is Nc1ccccc1C[C@@H]1CCCNC1. The van der Waals surface area contributed by atoms with Crippen LogP contribution < -0.4 is 11.1 Å². The molecule has 2 heteroatoms. The molecule has 1 fully saturated rings. The average Bonchev–Trinajstić information content (AvgIpc) is 2.23. The van der Waals surface area contributed by atoms with Crippen molar-refractivity contribution in [2.75, 3.05) is 18.8 Å². The van der Waals surface area contributed by atoms with Gasteiger partial charge in [0.05, 0.1) is 0 Å². The zero-order valence-corrected chi connectivity index (χ0v) is 8.50. The van der Waals surface area contributed by atoms with Gasteiger partial charge < -0.3 is 11.1 Å². The zero-order valence-electron chi connectivity index (χ0n) is 8.50. The second-order valence-corrected chi connectivity index (χ2v) is 4.12. The molecule has 0 saturated carbocycles. The molecule has 0 bridgehead atoms. The van der Waals surface area contributed by atoms with Crippen molar-refractivity contribution in [2.45, 2.75) is 19.3 Å². The maximum atomic E-state index is 5.92. The molecular weight excluding hydrogens is 172 g/mol. The number of para-hydroxylation sites is 1. The van der Waals surface area contributed by atoms with Crippen LogP contribution in [0.25, 0.3) is 0 Å². The fraction of sp³-hybridized carbons (Fsp3) is 0.500. The summed E-state index contributed by atoms with van der Waals surface area (Å²) in [4.78, 5) is 0. The molecule has 1 aliphatic rings. The quantitative estimate of drug-likeness (QED) is 0.698. The topological polar surface area (TPSA) is 38.0 Å². The van der Waals surface area contributed by atoms with Gasteiger partial charge in [-0.25, -0.2) is 0 Å². The monoisotopic (exact) mass is 190 g/mol. The molecule has 0 aliphatic carbocycles. The van der Waals surface area contributed by atoms with Crippen LogP contribution in [0.3, 0.4) is 0 Å². The van der Waals surface area contributed by atoms with Gasteiger partial charge in [0.1, 0.15) is 0 Å². The number of hydrogen-bond acceptors (Lipinski definition) is 2. The van der Waals surface area contributed by atoms with E-state index in [-0.39, 0.29) is 0 Å². The average molecular weight is 190 g/mol. The minimum absolute atomic E-state index is 0.772. The summed E-state index contributed by atoms with van der Waals surface area (Å²) in [6.45, 7) is 2.33. The maximum Gasteiger partial charge on any atom is 0.0346 e. The summed E-state index contributed by atoms with van der Waals surface area (Å²) < 4.78 is 0. The smallest absolute Gasteiger partial charge is 0.0346 e. The van der Waals surface area contributed by atoms with Crippen molar-refractivity contribution in [2.24, 2.45) is 5.92 Å². The van der Waals surface area contributed by atoms with Gasteiger partial charge in [0.2, 0.25) is 0 Å². The number of piperidine rings is 1. The van der Waals surface area contributed by atoms with Crippen molar-refractivity contribution in [1.82, 2.24) is 5.32 Å². The Balaban J connectivity index is 1.99. The second kappa shape index (κ2) is 4.47. The van der Waals surface area contributed by atoms with E-state index in [0.29, 0.717) is 0 Å². The van der Waals surface area contributed by atoms with E-state index in [9.17, 15) is 0 Å². The van der Waals surface area contributed by atoms with Crippen LogP contribution in [0, 0.1) is 5.92 Å². The normalized spacial score (nSPS) is 22.1. The molecule has 1 saturated heterocycles. The molecule has 1 aromatic rings. The number of nitrogens with two attached hydrogens (primary N) is 1. The summed E-state index contributed by atoms with van der Waals surface area (Å²) in [6.07, 6.45) is 3.76. The Morgan fingerprint density at radius 2 is 2.21 bits per heavy atom. The summed E-state index contributed by atoms with van der Waals surface area (Å²) in [5.41, 5.74) is 8.17. The predicted octanol–water partition coefficient (Wildman–Crippen LogP) is 1.81. The highest BCUT2D eigenvalue weighted by atomic mass is 14.9. The Kier molecular flexibility index (Phi) is 3.04. The first-order valence-corrected chi connectivity index (χ1v) is 5.40. The lowest BCUT2D eigenvalue weighted by Crippen LogP contribution is -2.30. The predicted molar refractivity (Wildman–Crippen MR) is 60.2 cm³/mol. The van der Waals surface area contributed by atoms with Gasteiger partial charge in [0.15, 0.2) is 0 Å². The number of benzene rings is 1. The molecule has 2 rings (SSSR count). The number of anilines is 1. The molecule has 0 unspecified atom stereocenters. The van der Waals surface area contributed by atoms with Gasteiger partial charge in [-0.15, -0.1) is 0 Å². The summed E-state index contributed by atoms with van der Waals surface area (Å²) in [5, 5.41) is 3.43. The molecule has 0 aromatic heterocycles. The highest BCUT2D eigenvalue weighted by molar-refractivity contribution is 5.46. The first-order valence-electron chi connectivity index (χ1n) is 5.40. The van der Waals surface area contributed by atoms with E-state index < -0.39 is 0 Å². The van der Waals surface area contributed by atoms with Gasteiger partial charge >= 0.3 is 0 Å². The minimum atomic E-state index is 0.772. The van der Waals surface area contributed by atoms with E-state index in [4.69, 9.17) is 5.73 Å². The third-order valence-electron chi connectivity index (χ3n) is 2.96. The lowest BCUT2D eigenvalue weighted by atomic mass is 9.92. The highest BCUT2D eigenvalue weighted by Crippen LogP contribution is 2.20. The van der Waals surface area contributed by atoms with E-state index >= 15 is 0 Å². The first-order chi connectivity index (χ1) is 6.86. The molecule has 2 nitrogen and oxygen atoms in total. The molecule has 1 heterocycles. The molecule has 1 aromatic carbocycles. The molecule has 76 valence electrons. The van der Waals surface area contributed by atoms with Crippen LogP contribution in [0.4, 0.5) is 5.69 Å². The number of hydrogen-bond donors (Lipinski definition) is 2.